The summed E-state index contributed by atoms with van der Waals surface area (Å²) in [5.74, 6) is 1.43. The van der Waals surface area contributed by atoms with E-state index in [1.807, 2.05) is 18.2 Å². The van der Waals surface area contributed by atoms with Crippen molar-refractivity contribution >= 4 is 27.5 Å². The van der Waals surface area contributed by atoms with Gasteiger partial charge in [0.1, 0.15) is 5.75 Å². The molecule has 1 heterocycles. The Labute approximate surface area is 109 Å². The number of rotatable bonds is 3. The predicted octanol–water partition coefficient (Wildman–Crippen LogP) is 3.48. The summed E-state index contributed by atoms with van der Waals surface area (Å²) in [5.41, 5.74) is 0. The van der Waals surface area contributed by atoms with Gasteiger partial charge in [0.2, 0.25) is 0 Å². The Hall–Kier alpha value is -0.250. The van der Waals surface area contributed by atoms with Gasteiger partial charge in [-0.1, -0.05) is 27.5 Å². The second kappa shape index (κ2) is 5.89. The summed E-state index contributed by atoms with van der Waals surface area (Å²) in [4.78, 5) is 0. The Morgan fingerprint density at radius 3 is 2.81 bits per heavy atom. The molecule has 88 valence electrons. The van der Waals surface area contributed by atoms with Crippen LogP contribution in [0.2, 0.25) is 5.02 Å². The van der Waals surface area contributed by atoms with Gasteiger partial charge in [0.15, 0.2) is 0 Å². The quantitative estimate of drug-likeness (QED) is 0.923. The fourth-order valence-electron chi connectivity index (χ4n) is 1.85. The third-order valence-corrected chi connectivity index (χ3v) is 3.62. The molecule has 1 aromatic carbocycles. The van der Waals surface area contributed by atoms with E-state index in [1.165, 1.54) is 12.8 Å². The van der Waals surface area contributed by atoms with E-state index < -0.39 is 0 Å². The lowest BCUT2D eigenvalue weighted by Crippen LogP contribution is -2.30. The van der Waals surface area contributed by atoms with Crippen LogP contribution in [0.5, 0.6) is 5.75 Å². The van der Waals surface area contributed by atoms with Gasteiger partial charge in [-0.2, -0.15) is 0 Å². The maximum absolute atomic E-state index is 6.08. The summed E-state index contributed by atoms with van der Waals surface area (Å²) in [6.45, 7) is 2.97. The molecule has 0 atom stereocenters. The van der Waals surface area contributed by atoms with Crippen molar-refractivity contribution in [2.75, 3.05) is 19.7 Å². The first-order valence-electron chi connectivity index (χ1n) is 5.54. The number of ether oxygens (including phenoxy) is 1. The molecule has 1 aliphatic rings. The van der Waals surface area contributed by atoms with Crippen molar-refractivity contribution in [3.63, 3.8) is 0 Å². The second-order valence-corrected chi connectivity index (χ2v) is 5.40. The molecule has 16 heavy (non-hydrogen) atoms. The van der Waals surface area contributed by atoms with E-state index in [0.29, 0.717) is 10.9 Å². The Bertz CT molecular complexity index is 353. The van der Waals surface area contributed by atoms with E-state index in [9.17, 15) is 0 Å². The molecule has 1 aliphatic heterocycles. The smallest absolute Gasteiger partial charge is 0.137 e. The van der Waals surface area contributed by atoms with Crippen molar-refractivity contribution in [2.45, 2.75) is 12.8 Å². The lowest BCUT2D eigenvalue weighted by atomic mass is 9.99. The Balaban J connectivity index is 1.88. The standard InChI is InChI=1S/C12H15BrClNO/c13-10-1-2-12(11(14)7-10)16-8-9-3-5-15-6-4-9/h1-2,7,9,15H,3-6,8H2. The van der Waals surface area contributed by atoms with Crippen LogP contribution in [0.4, 0.5) is 0 Å². The lowest BCUT2D eigenvalue weighted by molar-refractivity contribution is 0.215. The summed E-state index contributed by atoms with van der Waals surface area (Å²) in [7, 11) is 0. The molecule has 0 saturated carbocycles. The zero-order valence-corrected chi connectivity index (χ0v) is 11.4. The van der Waals surface area contributed by atoms with Gasteiger partial charge in [-0.3, -0.25) is 0 Å². The number of hydrogen-bond acceptors (Lipinski definition) is 2. The molecule has 0 spiro atoms. The fourth-order valence-corrected chi connectivity index (χ4v) is 2.58. The highest BCUT2D eigenvalue weighted by atomic mass is 79.9. The Morgan fingerprint density at radius 2 is 2.12 bits per heavy atom. The molecule has 0 bridgehead atoms. The minimum Gasteiger partial charge on any atom is -0.492 e. The lowest BCUT2D eigenvalue weighted by Gasteiger charge is -2.22. The first-order valence-corrected chi connectivity index (χ1v) is 6.71. The second-order valence-electron chi connectivity index (χ2n) is 4.08. The molecule has 4 heteroatoms. The highest BCUT2D eigenvalue weighted by Gasteiger charge is 2.14. The molecule has 1 fully saturated rings. The topological polar surface area (TPSA) is 21.3 Å². The summed E-state index contributed by atoms with van der Waals surface area (Å²) >= 11 is 9.46. The molecule has 2 rings (SSSR count). The number of hydrogen-bond donors (Lipinski definition) is 1. The molecule has 0 aromatic heterocycles. The van der Waals surface area contributed by atoms with Crippen LogP contribution >= 0.6 is 27.5 Å². The van der Waals surface area contributed by atoms with E-state index in [2.05, 4.69) is 21.2 Å². The predicted molar refractivity (Wildman–Crippen MR) is 70.2 cm³/mol. The van der Waals surface area contributed by atoms with Gasteiger partial charge >= 0.3 is 0 Å². The highest BCUT2D eigenvalue weighted by Crippen LogP contribution is 2.28. The van der Waals surface area contributed by atoms with E-state index in [-0.39, 0.29) is 0 Å². The minimum absolute atomic E-state index is 0.654. The molecule has 0 amide bonds. The van der Waals surface area contributed by atoms with Gasteiger partial charge in [-0.05, 0) is 50.0 Å². The van der Waals surface area contributed by atoms with Crippen molar-refractivity contribution in [3.8, 4) is 5.75 Å². The maximum Gasteiger partial charge on any atom is 0.137 e. The van der Waals surface area contributed by atoms with Crippen LogP contribution in [-0.4, -0.2) is 19.7 Å². The average molecular weight is 305 g/mol. The van der Waals surface area contributed by atoms with Gasteiger partial charge in [0.25, 0.3) is 0 Å². The van der Waals surface area contributed by atoms with E-state index in [4.69, 9.17) is 16.3 Å². The normalized spacial score (nSPS) is 17.4. The number of halogens is 2. The van der Waals surface area contributed by atoms with Crippen molar-refractivity contribution in [2.24, 2.45) is 5.92 Å². The van der Waals surface area contributed by atoms with Gasteiger partial charge in [0.05, 0.1) is 11.6 Å². The third-order valence-electron chi connectivity index (χ3n) is 2.83. The summed E-state index contributed by atoms with van der Waals surface area (Å²) in [6.07, 6.45) is 2.38. The summed E-state index contributed by atoms with van der Waals surface area (Å²) in [6, 6.07) is 5.72. The molecule has 1 saturated heterocycles. The van der Waals surface area contributed by atoms with Gasteiger partial charge in [-0.25, -0.2) is 0 Å². The molecular formula is C12H15BrClNO. The van der Waals surface area contributed by atoms with Crippen LogP contribution in [0.1, 0.15) is 12.8 Å². The van der Waals surface area contributed by atoms with Crippen LogP contribution in [0.25, 0.3) is 0 Å². The molecular weight excluding hydrogens is 289 g/mol. The van der Waals surface area contributed by atoms with Gasteiger partial charge in [-0.15, -0.1) is 0 Å². The summed E-state index contributed by atoms with van der Waals surface area (Å²) in [5, 5.41) is 4.01. The molecule has 0 unspecified atom stereocenters. The van der Waals surface area contributed by atoms with Crippen molar-refractivity contribution in [1.82, 2.24) is 5.32 Å². The number of benzene rings is 1. The first-order chi connectivity index (χ1) is 7.75. The number of nitrogens with one attached hydrogen (secondary N) is 1. The highest BCUT2D eigenvalue weighted by molar-refractivity contribution is 9.10. The number of piperidine rings is 1. The van der Waals surface area contributed by atoms with Gasteiger partial charge in [0, 0.05) is 4.47 Å². The zero-order chi connectivity index (χ0) is 11.4. The molecule has 0 aliphatic carbocycles. The SMILES string of the molecule is Clc1cc(Br)ccc1OCC1CCNCC1. The Morgan fingerprint density at radius 1 is 1.38 bits per heavy atom. The van der Waals surface area contributed by atoms with Gasteiger partial charge < -0.3 is 10.1 Å². The van der Waals surface area contributed by atoms with E-state index in [1.54, 1.807) is 0 Å². The van der Waals surface area contributed by atoms with Crippen molar-refractivity contribution in [3.05, 3.63) is 27.7 Å². The molecule has 2 nitrogen and oxygen atoms in total. The zero-order valence-electron chi connectivity index (χ0n) is 9.01. The van der Waals surface area contributed by atoms with Crippen LogP contribution in [0.15, 0.2) is 22.7 Å². The average Bonchev–Trinajstić information content (AvgIpc) is 2.29. The van der Waals surface area contributed by atoms with Crippen LogP contribution in [-0.2, 0) is 0 Å². The van der Waals surface area contributed by atoms with E-state index >= 15 is 0 Å². The van der Waals surface area contributed by atoms with Crippen LogP contribution < -0.4 is 10.1 Å². The van der Waals surface area contributed by atoms with E-state index in [0.717, 1.165) is 29.9 Å². The maximum atomic E-state index is 6.08. The van der Waals surface area contributed by atoms with Crippen molar-refractivity contribution in [1.29, 1.82) is 0 Å². The monoisotopic (exact) mass is 303 g/mol. The molecule has 0 radical (unpaired) electrons. The van der Waals surface area contributed by atoms with Crippen LogP contribution in [0, 0.1) is 5.92 Å². The Kier molecular flexibility index (Phi) is 4.50. The largest absolute Gasteiger partial charge is 0.492 e. The third kappa shape index (κ3) is 3.37. The molecule has 1 aromatic rings. The first kappa shape index (κ1) is 12.2. The molecule has 1 N–H and O–H groups in total. The fraction of sp³-hybridized carbons (Fsp3) is 0.500. The summed E-state index contributed by atoms with van der Waals surface area (Å²) < 4.78 is 6.73. The van der Waals surface area contributed by atoms with Crippen LogP contribution in [0.3, 0.4) is 0 Å². The van der Waals surface area contributed by atoms with Crippen molar-refractivity contribution < 1.29 is 4.74 Å². The minimum atomic E-state index is 0.654.